The Morgan fingerprint density at radius 2 is 1.71 bits per heavy atom. The van der Waals surface area contributed by atoms with Gasteiger partial charge in [0.1, 0.15) is 5.82 Å². The highest BCUT2D eigenvalue weighted by Crippen LogP contribution is 2.37. The van der Waals surface area contributed by atoms with Crippen molar-refractivity contribution in [1.82, 2.24) is 10.2 Å². The van der Waals surface area contributed by atoms with Crippen LogP contribution in [0.3, 0.4) is 0 Å². The first-order chi connectivity index (χ1) is 10.00. The first-order valence-corrected chi connectivity index (χ1v) is 8.18. The zero-order valence-electron chi connectivity index (χ0n) is 14.5. The number of hydrogen-bond acceptors (Lipinski definition) is 2. The molecule has 0 aliphatic heterocycles. The van der Waals surface area contributed by atoms with Gasteiger partial charge < -0.3 is 5.32 Å². The highest BCUT2D eigenvalue weighted by molar-refractivity contribution is 5.28. The van der Waals surface area contributed by atoms with E-state index < -0.39 is 0 Å². The summed E-state index contributed by atoms with van der Waals surface area (Å²) in [6.45, 7) is 12.7. The molecule has 21 heavy (non-hydrogen) atoms. The summed E-state index contributed by atoms with van der Waals surface area (Å²) in [5.74, 6) is -0.117. The first kappa shape index (κ1) is 18.1. The topological polar surface area (TPSA) is 15.3 Å². The van der Waals surface area contributed by atoms with E-state index in [4.69, 9.17) is 0 Å². The van der Waals surface area contributed by atoms with Gasteiger partial charge >= 0.3 is 0 Å². The van der Waals surface area contributed by atoms with Crippen LogP contribution in [0.5, 0.6) is 0 Å². The van der Waals surface area contributed by atoms with Crippen LogP contribution in [0.4, 0.5) is 4.39 Å². The maximum atomic E-state index is 14.0. The number of hydrogen-bond donors (Lipinski definition) is 1. The van der Waals surface area contributed by atoms with Crippen LogP contribution in [0, 0.1) is 12.7 Å². The minimum Gasteiger partial charge on any atom is -0.311 e. The van der Waals surface area contributed by atoms with Crippen molar-refractivity contribution in [2.24, 2.45) is 0 Å². The van der Waals surface area contributed by atoms with E-state index in [2.05, 4.69) is 44.0 Å². The Balaban J connectivity index is 3.33. The van der Waals surface area contributed by atoms with Crippen molar-refractivity contribution >= 4 is 0 Å². The number of halogens is 1. The van der Waals surface area contributed by atoms with Gasteiger partial charge in [0.05, 0.1) is 6.04 Å². The summed E-state index contributed by atoms with van der Waals surface area (Å²) >= 11 is 0. The number of nitrogens with one attached hydrogen (secondary N) is 1. The van der Waals surface area contributed by atoms with Crippen molar-refractivity contribution in [2.45, 2.75) is 59.0 Å². The highest BCUT2D eigenvalue weighted by atomic mass is 19.1. The first-order valence-electron chi connectivity index (χ1n) is 8.18. The molecule has 1 N–H and O–H groups in total. The van der Waals surface area contributed by atoms with Crippen molar-refractivity contribution in [3.8, 4) is 0 Å². The van der Waals surface area contributed by atoms with Gasteiger partial charge in [-0.3, -0.25) is 4.90 Å². The molecule has 1 rings (SSSR count). The molecule has 0 amide bonds. The summed E-state index contributed by atoms with van der Waals surface area (Å²) in [7, 11) is 1.98. The van der Waals surface area contributed by atoms with Crippen LogP contribution >= 0.6 is 0 Å². The third-order valence-electron chi connectivity index (χ3n) is 4.97. The molecular formula is C18H31FN2. The molecule has 1 unspecified atom stereocenters. The number of benzene rings is 1. The number of aryl methyl sites for hydroxylation is 1. The Bertz CT molecular complexity index is 437. The normalized spacial score (nSPS) is 13.7. The molecule has 1 aromatic rings. The molecule has 0 aliphatic rings. The summed E-state index contributed by atoms with van der Waals surface area (Å²) < 4.78 is 14.0. The Kier molecular flexibility index (Phi) is 6.82. The largest absolute Gasteiger partial charge is 0.311 e. The average Bonchev–Trinajstić information content (AvgIpc) is 2.50. The van der Waals surface area contributed by atoms with E-state index in [1.165, 1.54) is 0 Å². The molecule has 2 nitrogen and oxygen atoms in total. The summed E-state index contributed by atoms with van der Waals surface area (Å²) in [6, 6.07) is 5.76. The van der Waals surface area contributed by atoms with Gasteiger partial charge in [-0.25, -0.2) is 4.39 Å². The van der Waals surface area contributed by atoms with Gasteiger partial charge in [-0.2, -0.15) is 0 Å². The molecule has 0 radical (unpaired) electrons. The van der Waals surface area contributed by atoms with Gasteiger partial charge in [-0.15, -0.1) is 0 Å². The Morgan fingerprint density at radius 1 is 1.14 bits per heavy atom. The summed E-state index contributed by atoms with van der Waals surface area (Å²) in [5.41, 5.74) is 1.76. The number of nitrogens with zero attached hydrogens (tertiary/aromatic N) is 1. The second-order valence-corrected chi connectivity index (χ2v) is 5.71. The van der Waals surface area contributed by atoms with Crippen LogP contribution in [0.1, 0.15) is 57.7 Å². The lowest BCUT2D eigenvalue weighted by Gasteiger charge is -2.48. The van der Waals surface area contributed by atoms with Gasteiger partial charge in [0.2, 0.25) is 0 Å². The van der Waals surface area contributed by atoms with Gasteiger partial charge in [0.15, 0.2) is 0 Å². The molecule has 0 aromatic heterocycles. The minimum absolute atomic E-state index is 0.0138. The second kappa shape index (κ2) is 7.90. The molecule has 0 fully saturated rings. The molecule has 0 bridgehead atoms. The van der Waals surface area contributed by atoms with Crippen molar-refractivity contribution in [3.63, 3.8) is 0 Å². The fraction of sp³-hybridized carbons (Fsp3) is 0.667. The molecule has 120 valence electrons. The van der Waals surface area contributed by atoms with E-state index in [0.717, 1.165) is 31.5 Å². The molecule has 0 saturated carbocycles. The van der Waals surface area contributed by atoms with E-state index in [1.807, 2.05) is 20.0 Å². The lowest BCUT2D eigenvalue weighted by molar-refractivity contribution is 0.0514. The van der Waals surface area contributed by atoms with E-state index in [0.29, 0.717) is 5.56 Å². The van der Waals surface area contributed by atoms with Gasteiger partial charge in [-0.1, -0.05) is 39.8 Å². The van der Waals surface area contributed by atoms with E-state index in [-0.39, 0.29) is 17.4 Å². The van der Waals surface area contributed by atoms with Crippen LogP contribution < -0.4 is 5.32 Å². The monoisotopic (exact) mass is 294 g/mol. The fourth-order valence-corrected chi connectivity index (χ4v) is 3.68. The zero-order chi connectivity index (χ0) is 16.0. The van der Waals surface area contributed by atoms with Crippen LogP contribution in [-0.4, -0.2) is 30.6 Å². The molecule has 1 aromatic carbocycles. The van der Waals surface area contributed by atoms with Gasteiger partial charge in [-0.05, 0) is 57.1 Å². The van der Waals surface area contributed by atoms with Crippen molar-refractivity contribution in [2.75, 3.05) is 20.1 Å². The summed E-state index contributed by atoms with van der Waals surface area (Å²) in [4.78, 5) is 2.51. The van der Waals surface area contributed by atoms with E-state index in [1.54, 1.807) is 6.07 Å². The SMILES string of the molecule is CCN(CC)C(CC)(CC)C(NC)c1ccc(C)c(F)c1. The Labute approximate surface area is 129 Å². The molecule has 0 spiro atoms. The van der Waals surface area contributed by atoms with Gasteiger partial charge in [0.25, 0.3) is 0 Å². The van der Waals surface area contributed by atoms with Crippen LogP contribution in [0.25, 0.3) is 0 Å². The second-order valence-electron chi connectivity index (χ2n) is 5.71. The molecule has 0 heterocycles. The molecule has 3 heteroatoms. The Hall–Kier alpha value is -0.930. The van der Waals surface area contributed by atoms with Crippen molar-refractivity contribution in [3.05, 3.63) is 35.1 Å². The Morgan fingerprint density at radius 3 is 2.10 bits per heavy atom. The standard InChI is InChI=1S/C18H31FN2/c1-7-18(8-2,21(9-3)10-4)17(20-6)15-12-11-14(5)16(19)13-15/h11-13,17,20H,7-10H2,1-6H3. The molecule has 0 saturated heterocycles. The fourth-order valence-electron chi connectivity index (χ4n) is 3.68. The summed E-state index contributed by atoms with van der Waals surface area (Å²) in [6.07, 6.45) is 2.07. The highest BCUT2D eigenvalue weighted by Gasteiger charge is 2.40. The lowest BCUT2D eigenvalue weighted by atomic mass is 9.78. The van der Waals surface area contributed by atoms with Crippen LogP contribution in [0.2, 0.25) is 0 Å². The smallest absolute Gasteiger partial charge is 0.126 e. The average molecular weight is 294 g/mol. The third kappa shape index (κ3) is 3.46. The van der Waals surface area contributed by atoms with Gasteiger partial charge in [0, 0.05) is 5.54 Å². The molecule has 1 atom stereocenters. The molecular weight excluding hydrogens is 263 g/mol. The predicted octanol–water partition coefficient (Wildman–Crippen LogP) is 4.30. The maximum Gasteiger partial charge on any atom is 0.126 e. The number of rotatable bonds is 8. The van der Waals surface area contributed by atoms with Crippen LogP contribution in [0.15, 0.2) is 18.2 Å². The van der Waals surface area contributed by atoms with Crippen LogP contribution in [-0.2, 0) is 0 Å². The van der Waals surface area contributed by atoms with E-state index >= 15 is 0 Å². The van der Waals surface area contributed by atoms with Crippen molar-refractivity contribution in [1.29, 1.82) is 0 Å². The maximum absolute atomic E-state index is 14.0. The number of likely N-dealkylation sites (N-methyl/N-ethyl adjacent to an activating group) is 2. The zero-order valence-corrected chi connectivity index (χ0v) is 14.5. The molecule has 0 aliphatic carbocycles. The van der Waals surface area contributed by atoms with E-state index in [9.17, 15) is 4.39 Å². The predicted molar refractivity (Wildman–Crippen MR) is 89.2 cm³/mol. The summed E-state index contributed by atoms with van der Waals surface area (Å²) in [5, 5.41) is 3.45. The van der Waals surface area contributed by atoms with Crippen molar-refractivity contribution < 1.29 is 4.39 Å². The quantitative estimate of drug-likeness (QED) is 0.769. The lowest BCUT2D eigenvalue weighted by Crippen LogP contribution is -2.55. The third-order valence-corrected chi connectivity index (χ3v) is 4.97. The minimum atomic E-state index is -0.117.